The van der Waals surface area contributed by atoms with Crippen LogP contribution < -0.4 is 4.74 Å². The second kappa shape index (κ2) is 6.34. The Morgan fingerprint density at radius 1 is 1.33 bits per heavy atom. The van der Waals surface area contributed by atoms with Crippen LogP contribution in [0.1, 0.15) is 31.7 Å². The van der Waals surface area contributed by atoms with Crippen molar-refractivity contribution in [3.63, 3.8) is 0 Å². The van der Waals surface area contributed by atoms with Gasteiger partial charge in [0.15, 0.2) is 0 Å². The molecule has 2 aliphatic rings. The van der Waals surface area contributed by atoms with Crippen molar-refractivity contribution >= 4 is 0 Å². The minimum Gasteiger partial charge on any atom is -0.494 e. The van der Waals surface area contributed by atoms with E-state index in [1.807, 2.05) is 19.1 Å². The predicted octanol–water partition coefficient (Wildman–Crippen LogP) is 2.20. The van der Waals surface area contributed by atoms with Gasteiger partial charge in [0.05, 0.1) is 18.3 Å². The highest BCUT2D eigenvalue weighted by molar-refractivity contribution is 5.27. The molecule has 4 heteroatoms. The normalized spacial score (nSPS) is 29.9. The molecule has 2 heterocycles. The van der Waals surface area contributed by atoms with Gasteiger partial charge in [0.1, 0.15) is 5.75 Å². The molecule has 0 bridgehead atoms. The lowest BCUT2D eigenvalue weighted by molar-refractivity contribution is -0.130. The molecule has 1 aromatic rings. The van der Waals surface area contributed by atoms with Crippen LogP contribution in [0.15, 0.2) is 24.3 Å². The van der Waals surface area contributed by atoms with Gasteiger partial charge in [-0.15, -0.1) is 0 Å². The van der Waals surface area contributed by atoms with Gasteiger partial charge in [0.2, 0.25) is 0 Å². The number of ether oxygens (including phenoxy) is 2. The van der Waals surface area contributed by atoms with E-state index in [0.717, 1.165) is 44.7 Å². The van der Waals surface area contributed by atoms with Crippen molar-refractivity contribution in [2.75, 3.05) is 26.3 Å². The van der Waals surface area contributed by atoms with Crippen LogP contribution in [0.2, 0.25) is 0 Å². The summed E-state index contributed by atoms with van der Waals surface area (Å²) < 4.78 is 11.3. The molecule has 0 unspecified atom stereocenters. The Hall–Kier alpha value is -1.10. The van der Waals surface area contributed by atoms with E-state index in [4.69, 9.17) is 9.47 Å². The first kappa shape index (κ1) is 14.8. The van der Waals surface area contributed by atoms with E-state index in [1.165, 1.54) is 5.56 Å². The number of likely N-dealkylation sites (tertiary alicyclic amines) is 1. The van der Waals surface area contributed by atoms with Crippen LogP contribution in [0.5, 0.6) is 5.75 Å². The van der Waals surface area contributed by atoms with Crippen molar-refractivity contribution in [3.05, 3.63) is 29.8 Å². The molecule has 1 N–H and O–H groups in total. The largest absolute Gasteiger partial charge is 0.494 e. The second-order valence-electron chi connectivity index (χ2n) is 6.09. The van der Waals surface area contributed by atoms with E-state index in [0.29, 0.717) is 13.2 Å². The van der Waals surface area contributed by atoms with Gasteiger partial charge in [-0.2, -0.15) is 0 Å². The summed E-state index contributed by atoms with van der Waals surface area (Å²) in [6.07, 6.45) is 2.66. The van der Waals surface area contributed by atoms with Gasteiger partial charge in [-0.25, -0.2) is 0 Å². The average Bonchev–Trinajstić information content (AvgIpc) is 2.96. The minimum atomic E-state index is -0.364. The van der Waals surface area contributed by atoms with Crippen LogP contribution in [-0.4, -0.2) is 48.0 Å². The molecule has 2 saturated heterocycles. The van der Waals surface area contributed by atoms with E-state index >= 15 is 0 Å². The molecule has 0 radical (unpaired) electrons. The number of piperidine rings is 1. The summed E-state index contributed by atoms with van der Waals surface area (Å²) in [6.45, 7) is 6.05. The zero-order chi connectivity index (χ0) is 14.7. The highest BCUT2D eigenvalue weighted by Crippen LogP contribution is 2.36. The molecule has 2 atom stereocenters. The van der Waals surface area contributed by atoms with Gasteiger partial charge in [-0.1, -0.05) is 12.1 Å². The minimum absolute atomic E-state index is 0.255. The zero-order valence-corrected chi connectivity index (χ0v) is 12.8. The third-order valence-electron chi connectivity index (χ3n) is 4.66. The van der Waals surface area contributed by atoms with Crippen LogP contribution in [0.4, 0.5) is 0 Å². The fraction of sp³-hybridized carbons (Fsp3) is 0.647. The van der Waals surface area contributed by atoms with Crippen molar-refractivity contribution in [2.24, 2.45) is 0 Å². The molecule has 4 nitrogen and oxygen atoms in total. The number of aliphatic hydroxyl groups excluding tert-OH is 1. The maximum absolute atomic E-state index is 10.4. The first-order chi connectivity index (χ1) is 10.2. The lowest BCUT2D eigenvalue weighted by Gasteiger charge is -2.42. The Morgan fingerprint density at radius 2 is 2.14 bits per heavy atom. The van der Waals surface area contributed by atoms with Crippen molar-refractivity contribution in [1.82, 2.24) is 4.90 Å². The van der Waals surface area contributed by atoms with Gasteiger partial charge >= 0.3 is 0 Å². The van der Waals surface area contributed by atoms with Gasteiger partial charge in [0.25, 0.3) is 0 Å². The summed E-state index contributed by atoms with van der Waals surface area (Å²) in [7, 11) is 0. The molecule has 3 rings (SSSR count). The molecular formula is C17H25NO3. The van der Waals surface area contributed by atoms with Crippen LogP contribution in [0.3, 0.4) is 0 Å². The SMILES string of the molecule is CCOc1ccc(CN2CC[C@@]3(CCCO3)[C@@H](O)C2)cc1. The molecule has 0 saturated carbocycles. The third kappa shape index (κ3) is 3.23. The topological polar surface area (TPSA) is 41.9 Å². The van der Waals surface area contributed by atoms with Gasteiger partial charge in [-0.05, 0) is 43.9 Å². The first-order valence-electron chi connectivity index (χ1n) is 7.98. The summed E-state index contributed by atoms with van der Waals surface area (Å²) in [5.74, 6) is 0.915. The monoisotopic (exact) mass is 291 g/mol. The maximum Gasteiger partial charge on any atom is 0.119 e. The lowest BCUT2D eigenvalue weighted by atomic mass is 9.86. The number of hydrogen-bond donors (Lipinski definition) is 1. The maximum atomic E-state index is 10.4. The Bertz CT molecular complexity index is 454. The highest BCUT2D eigenvalue weighted by Gasteiger charge is 2.45. The molecule has 116 valence electrons. The molecule has 2 aliphatic heterocycles. The van der Waals surface area contributed by atoms with Crippen molar-refractivity contribution in [2.45, 2.75) is 44.4 Å². The van der Waals surface area contributed by atoms with E-state index < -0.39 is 0 Å². The van der Waals surface area contributed by atoms with Crippen molar-refractivity contribution in [1.29, 1.82) is 0 Å². The zero-order valence-electron chi connectivity index (χ0n) is 12.8. The average molecular weight is 291 g/mol. The smallest absolute Gasteiger partial charge is 0.119 e. The number of aliphatic hydroxyl groups is 1. The van der Waals surface area contributed by atoms with Crippen molar-refractivity contribution < 1.29 is 14.6 Å². The van der Waals surface area contributed by atoms with Crippen molar-refractivity contribution in [3.8, 4) is 5.75 Å². The van der Waals surface area contributed by atoms with E-state index in [9.17, 15) is 5.11 Å². The number of β-amino-alcohol motifs (C(OH)–C–C–N with tert-alkyl or cyclic N) is 1. The van der Waals surface area contributed by atoms with E-state index in [1.54, 1.807) is 0 Å². The molecule has 0 amide bonds. The summed E-state index contributed by atoms with van der Waals surface area (Å²) in [6, 6.07) is 8.24. The fourth-order valence-corrected chi connectivity index (χ4v) is 3.45. The standard InChI is InChI=1S/C17H25NO3/c1-2-20-15-6-4-14(5-7-15)12-18-10-9-17(16(19)13-18)8-3-11-21-17/h4-7,16,19H,2-3,8-13H2,1H3/t16-,17-/m0/s1. The molecular weight excluding hydrogens is 266 g/mol. The Kier molecular flexibility index (Phi) is 4.48. The number of nitrogens with zero attached hydrogens (tertiary/aromatic N) is 1. The number of benzene rings is 1. The van der Waals surface area contributed by atoms with Gasteiger partial charge in [0, 0.05) is 26.2 Å². The molecule has 2 fully saturated rings. The highest BCUT2D eigenvalue weighted by atomic mass is 16.5. The molecule has 21 heavy (non-hydrogen) atoms. The van der Waals surface area contributed by atoms with Gasteiger partial charge in [-0.3, -0.25) is 4.90 Å². The Labute approximate surface area is 126 Å². The van der Waals surface area contributed by atoms with Crippen LogP contribution >= 0.6 is 0 Å². The summed E-state index contributed by atoms with van der Waals surface area (Å²) in [4.78, 5) is 2.31. The first-order valence-corrected chi connectivity index (χ1v) is 7.98. The fourth-order valence-electron chi connectivity index (χ4n) is 3.45. The Morgan fingerprint density at radius 3 is 2.76 bits per heavy atom. The van der Waals surface area contributed by atoms with Crippen LogP contribution in [0.25, 0.3) is 0 Å². The molecule has 1 spiro atoms. The molecule has 0 aliphatic carbocycles. The van der Waals surface area contributed by atoms with Crippen LogP contribution in [-0.2, 0) is 11.3 Å². The quantitative estimate of drug-likeness (QED) is 0.923. The second-order valence-corrected chi connectivity index (χ2v) is 6.09. The number of rotatable bonds is 4. The lowest BCUT2D eigenvalue weighted by Crippen LogP contribution is -2.54. The molecule has 1 aromatic carbocycles. The predicted molar refractivity (Wildman–Crippen MR) is 81.4 cm³/mol. The van der Waals surface area contributed by atoms with E-state index in [2.05, 4.69) is 17.0 Å². The summed E-state index contributed by atoms with van der Waals surface area (Å²) >= 11 is 0. The summed E-state index contributed by atoms with van der Waals surface area (Å²) in [5, 5.41) is 10.4. The van der Waals surface area contributed by atoms with Gasteiger partial charge < -0.3 is 14.6 Å². The molecule has 0 aromatic heterocycles. The number of hydrogen-bond acceptors (Lipinski definition) is 4. The van der Waals surface area contributed by atoms with E-state index in [-0.39, 0.29) is 11.7 Å². The summed E-state index contributed by atoms with van der Waals surface area (Å²) in [5.41, 5.74) is 1.00. The third-order valence-corrected chi connectivity index (χ3v) is 4.66. The Balaban J connectivity index is 1.56. The van der Waals surface area contributed by atoms with Crippen LogP contribution in [0, 0.1) is 0 Å².